The molecule has 0 spiro atoms. The van der Waals surface area contributed by atoms with Crippen LogP contribution in [0, 0.1) is 0 Å². The number of rotatable bonds is 8. The molecule has 0 amide bonds. The van der Waals surface area contributed by atoms with Gasteiger partial charge < -0.3 is 15.3 Å². The van der Waals surface area contributed by atoms with Gasteiger partial charge in [-0.15, -0.1) is 0 Å². The van der Waals surface area contributed by atoms with Crippen molar-refractivity contribution in [2.75, 3.05) is 25.5 Å². The summed E-state index contributed by atoms with van der Waals surface area (Å²) in [6.07, 6.45) is 3.53. The summed E-state index contributed by atoms with van der Waals surface area (Å²) in [6.45, 7) is 6.14. The molecule has 0 aliphatic rings. The molecule has 0 saturated heterocycles. The minimum absolute atomic E-state index is 0.0111. The second kappa shape index (κ2) is 7.68. The average Bonchev–Trinajstić information content (AvgIpc) is 2.38. The molecule has 1 aromatic rings. The van der Waals surface area contributed by atoms with Crippen molar-refractivity contribution in [3.05, 3.63) is 18.0 Å². The zero-order valence-electron chi connectivity index (χ0n) is 11.8. The van der Waals surface area contributed by atoms with Gasteiger partial charge >= 0.3 is 5.97 Å². The van der Waals surface area contributed by atoms with Crippen LogP contribution < -0.4 is 5.32 Å². The Morgan fingerprint density at radius 1 is 1.47 bits per heavy atom. The molecule has 0 aromatic carbocycles. The van der Waals surface area contributed by atoms with Crippen molar-refractivity contribution in [2.24, 2.45) is 0 Å². The van der Waals surface area contributed by atoms with Crippen LogP contribution in [0.3, 0.4) is 0 Å². The van der Waals surface area contributed by atoms with E-state index in [0.29, 0.717) is 12.0 Å². The highest BCUT2D eigenvalue weighted by Gasteiger charge is 2.06. The van der Waals surface area contributed by atoms with Crippen molar-refractivity contribution in [1.82, 2.24) is 14.9 Å². The lowest BCUT2D eigenvalue weighted by Crippen LogP contribution is -2.27. The highest BCUT2D eigenvalue weighted by Crippen LogP contribution is 2.02. The third-order valence-electron chi connectivity index (χ3n) is 2.98. The van der Waals surface area contributed by atoms with Crippen molar-refractivity contribution < 1.29 is 9.90 Å². The van der Waals surface area contributed by atoms with E-state index in [4.69, 9.17) is 5.11 Å². The summed E-state index contributed by atoms with van der Waals surface area (Å²) in [5.41, 5.74) is 0.0111. The van der Waals surface area contributed by atoms with Crippen LogP contribution in [0.2, 0.25) is 0 Å². The average molecular weight is 266 g/mol. The van der Waals surface area contributed by atoms with Gasteiger partial charge in [0.15, 0.2) is 5.69 Å². The Labute approximate surface area is 113 Å². The standard InChI is InChI=1S/C13H22N4O2/c1-10(2)17(3)9-5-4-7-14-13-15-8-6-11(16-13)12(18)19/h6,8,10H,4-5,7,9H2,1-3H3,(H,18,19)(H,14,15,16). The quantitative estimate of drug-likeness (QED) is 0.697. The summed E-state index contributed by atoms with van der Waals surface area (Å²) in [7, 11) is 2.11. The smallest absolute Gasteiger partial charge is 0.354 e. The van der Waals surface area contributed by atoms with E-state index in [9.17, 15) is 4.79 Å². The number of hydrogen-bond donors (Lipinski definition) is 2. The lowest BCUT2D eigenvalue weighted by Gasteiger charge is -2.20. The summed E-state index contributed by atoms with van der Waals surface area (Å²) in [5, 5.41) is 11.8. The minimum Gasteiger partial charge on any atom is -0.477 e. The van der Waals surface area contributed by atoms with Crippen molar-refractivity contribution in [3.63, 3.8) is 0 Å². The zero-order chi connectivity index (χ0) is 14.3. The zero-order valence-corrected chi connectivity index (χ0v) is 11.8. The van der Waals surface area contributed by atoms with Crippen LogP contribution in [0.5, 0.6) is 0 Å². The Hall–Kier alpha value is -1.69. The summed E-state index contributed by atoms with van der Waals surface area (Å²) >= 11 is 0. The summed E-state index contributed by atoms with van der Waals surface area (Å²) in [4.78, 5) is 20.9. The molecule has 1 rings (SSSR count). The number of nitrogens with one attached hydrogen (secondary N) is 1. The molecule has 19 heavy (non-hydrogen) atoms. The maximum absolute atomic E-state index is 10.7. The molecule has 6 nitrogen and oxygen atoms in total. The summed E-state index contributed by atoms with van der Waals surface area (Å²) in [5.74, 6) is -0.666. The number of carboxylic acid groups (broad SMARTS) is 1. The molecule has 106 valence electrons. The molecule has 0 bridgehead atoms. The van der Waals surface area contributed by atoms with Crippen LogP contribution in [0.15, 0.2) is 12.3 Å². The fourth-order valence-electron chi connectivity index (χ4n) is 1.51. The molecular formula is C13H22N4O2. The predicted molar refractivity (Wildman–Crippen MR) is 74.5 cm³/mol. The van der Waals surface area contributed by atoms with Crippen molar-refractivity contribution >= 4 is 11.9 Å². The largest absolute Gasteiger partial charge is 0.477 e. The van der Waals surface area contributed by atoms with Crippen LogP contribution in [0.4, 0.5) is 5.95 Å². The van der Waals surface area contributed by atoms with Gasteiger partial charge in [0.1, 0.15) is 0 Å². The molecule has 0 radical (unpaired) electrons. The van der Waals surface area contributed by atoms with Gasteiger partial charge in [0.25, 0.3) is 0 Å². The van der Waals surface area contributed by atoms with Gasteiger partial charge in [-0.05, 0) is 46.3 Å². The molecule has 0 saturated carbocycles. The number of hydrogen-bond acceptors (Lipinski definition) is 5. The van der Waals surface area contributed by atoms with E-state index in [0.717, 1.165) is 25.9 Å². The van der Waals surface area contributed by atoms with Crippen LogP contribution in [0.25, 0.3) is 0 Å². The fourth-order valence-corrected chi connectivity index (χ4v) is 1.51. The van der Waals surface area contributed by atoms with Crippen LogP contribution in [-0.4, -0.2) is 52.1 Å². The first-order valence-electron chi connectivity index (χ1n) is 6.51. The molecule has 1 aromatic heterocycles. The lowest BCUT2D eigenvalue weighted by atomic mass is 10.2. The van der Waals surface area contributed by atoms with Gasteiger partial charge in [-0.3, -0.25) is 0 Å². The third-order valence-corrected chi connectivity index (χ3v) is 2.98. The first-order valence-corrected chi connectivity index (χ1v) is 6.51. The van der Waals surface area contributed by atoms with E-state index >= 15 is 0 Å². The van der Waals surface area contributed by atoms with E-state index in [2.05, 4.69) is 41.1 Å². The highest BCUT2D eigenvalue weighted by atomic mass is 16.4. The molecule has 0 aliphatic heterocycles. The van der Waals surface area contributed by atoms with E-state index in [1.807, 2.05) is 0 Å². The van der Waals surface area contributed by atoms with Gasteiger partial charge in [0.2, 0.25) is 5.95 Å². The van der Waals surface area contributed by atoms with E-state index in [-0.39, 0.29) is 5.69 Å². The molecule has 0 unspecified atom stereocenters. The molecule has 2 N–H and O–H groups in total. The van der Waals surface area contributed by atoms with Gasteiger partial charge in [0, 0.05) is 18.8 Å². The topological polar surface area (TPSA) is 78.4 Å². The van der Waals surface area contributed by atoms with Gasteiger partial charge in [-0.25, -0.2) is 14.8 Å². The minimum atomic E-state index is -1.04. The second-order valence-electron chi connectivity index (χ2n) is 4.78. The Kier molecular flexibility index (Phi) is 6.21. The number of aromatic nitrogens is 2. The lowest BCUT2D eigenvalue weighted by molar-refractivity contribution is 0.0690. The molecule has 1 heterocycles. The number of aromatic carboxylic acids is 1. The Morgan fingerprint density at radius 3 is 2.84 bits per heavy atom. The van der Waals surface area contributed by atoms with Crippen LogP contribution >= 0.6 is 0 Å². The predicted octanol–water partition coefficient (Wildman–Crippen LogP) is 1.71. The third kappa shape index (κ3) is 5.65. The van der Waals surface area contributed by atoms with Gasteiger partial charge in [-0.1, -0.05) is 0 Å². The Bertz CT molecular complexity index is 409. The van der Waals surface area contributed by atoms with Gasteiger partial charge in [0.05, 0.1) is 0 Å². The summed E-state index contributed by atoms with van der Waals surface area (Å²) in [6, 6.07) is 1.94. The number of nitrogens with zero attached hydrogens (tertiary/aromatic N) is 3. The normalized spacial score (nSPS) is 11.0. The second-order valence-corrected chi connectivity index (χ2v) is 4.78. The van der Waals surface area contributed by atoms with Crippen LogP contribution in [-0.2, 0) is 0 Å². The van der Waals surface area contributed by atoms with Crippen LogP contribution in [0.1, 0.15) is 37.2 Å². The Balaban J connectivity index is 2.26. The van der Waals surface area contributed by atoms with E-state index < -0.39 is 5.97 Å². The first kappa shape index (κ1) is 15.4. The van der Waals surface area contributed by atoms with E-state index in [1.54, 1.807) is 0 Å². The number of carbonyl (C=O) groups is 1. The van der Waals surface area contributed by atoms with Crippen molar-refractivity contribution in [3.8, 4) is 0 Å². The molecule has 0 fully saturated rings. The Morgan fingerprint density at radius 2 is 2.21 bits per heavy atom. The number of unbranched alkanes of at least 4 members (excludes halogenated alkanes) is 1. The van der Waals surface area contributed by atoms with Crippen molar-refractivity contribution in [2.45, 2.75) is 32.7 Å². The fraction of sp³-hybridized carbons (Fsp3) is 0.615. The monoisotopic (exact) mass is 266 g/mol. The number of anilines is 1. The highest BCUT2D eigenvalue weighted by molar-refractivity contribution is 5.85. The van der Waals surface area contributed by atoms with Gasteiger partial charge in [-0.2, -0.15) is 0 Å². The molecule has 6 heteroatoms. The molecule has 0 atom stereocenters. The maximum atomic E-state index is 10.7. The van der Waals surface area contributed by atoms with Crippen molar-refractivity contribution in [1.29, 1.82) is 0 Å². The SMILES string of the molecule is CC(C)N(C)CCCCNc1nccc(C(=O)O)n1. The van der Waals surface area contributed by atoms with E-state index in [1.165, 1.54) is 12.3 Å². The number of carboxylic acids is 1. The molecular weight excluding hydrogens is 244 g/mol. The summed E-state index contributed by atoms with van der Waals surface area (Å²) < 4.78 is 0. The first-order chi connectivity index (χ1) is 9.00. The molecule has 0 aliphatic carbocycles. The maximum Gasteiger partial charge on any atom is 0.354 e.